The van der Waals surface area contributed by atoms with Gasteiger partial charge >= 0.3 is 11.3 Å². The van der Waals surface area contributed by atoms with Crippen molar-refractivity contribution in [2.75, 3.05) is 0 Å². The van der Waals surface area contributed by atoms with E-state index in [9.17, 15) is 14.9 Å². The zero-order chi connectivity index (χ0) is 20.0. The van der Waals surface area contributed by atoms with E-state index in [1.165, 1.54) is 0 Å². The number of nitrogens with one attached hydrogen (secondary N) is 3. The summed E-state index contributed by atoms with van der Waals surface area (Å²) < 4.78 is 1.73. The fourth-order valence-corrected chi connectivity index (χ4v) is 3.34. The monoisotopic (exact) mass is 383 g/mol. The molecule has 0 amide bonds. The van der Waals surface area contributed by atoms with Crippen LogP contribution in [0.25, 0.3) is 39.0 Å². The summed E-state index contributed by atoms with van der Waals surface area (Å²) in [7, 11) is 0. The van der Waals surface area contributed by atoms with Gasteiger partial charge in [0, 0.05) is 17.0 Å². The second kappa shape index (κ2) is 6.21. The Kier molecular flexibility index (Phi) is 3.54. The average Bonchev–Trinajstić information content (AvgIpc) is 3.27. The van der Waals surface area contributed by atoms with E-state index in [1.54, 1.807) is 34.9 Å². The van der Waals surface area contributed by atoms with Crippen molar-refractivity contribution in [2.45, 2.75) is 0 Å². The first kappa shape index (κ1) is 16.5. The van der Waals surface area contributed by atoms with E-state index in [0.717, 1.165) is 5.39 Å². The molecule has 0 aliphatic heterocycles. The third-order valence-electron chi connectivity index (χ3n) is 4.59. The molecule has 0 saturated heterocycles. The highest BCUT2D eigenvalue weighted by atomic mass is 16.2. The number of aromatic nitrogens is 7. The molecule has 0 radical (unpaired) electrons. The fourth-order valence-electron chi connectivity index (χ4n) is 3.34. The maximum absolute atomic E-state index is 12.4. The number of aromatic amines is 3. The average molecular weight is 383 g/mol. The second-order valence-electron chi connectivity index (χ2n) is 6.32. The lowest BCUT2D eigenvalue weighted by molar-refractivity contribution is -0.540. The van der Waals surface area contributed by atoms with E-state index in [2.05, 4.69) is 36.7 Å². The molecule has 0 aliphatic carbocycles. The smallest absolute Gasteiger partial charge is 0.268 e. The molecule has 0 spiro atoms. The van der Waals surface area contributed by atoms with Crippen LogP contribution in [-0.2, 0) is 0 Å². The van der Waals surface area contributed by atoms with Crippen LogP contribution < -0.4 is 15.8 Å². The second-order valence-corrected chi connectivity index (χ2v) is 6.32. The lowest BCUT2D eigenvalue weighted by Crippen LogP contribution is -2.38. The van der Waals surface area contributed by atoms with Gasteiger partial charge in [-0.05, 0) is 35.5 Å². The van der Waals surface area contributed by atoms with E-state index >= 15 is 0 Å². The zero-order valence-corrected chi connectivity index (χ0v) is 14.7. The molecule has 0 saturated carbocycles. The van der Waals surface area contributed by atoms with Crippen LogP contribution in [0.3, 0.4) is 0 Å². The van der Waals surface area contributed by atoms with Crippen LogP contribution in [0.15, 0.2) is 58.1 Å². The van der Waals surface area contributed by atoms with Gasteiger partial charge in [-0.15, -0.1) is 10.2 Å². The summed E-state index contributed by atoms with van der Waals surface area (Å²) in [4.78, 5) is 29.4. The van der Waals surface area contributed by atoms with Crippen molar-refractivity contribution >= 4 is 21.9 Å². The van der Waals surface area contributed by atoms with Crippen LogP contribution in [-0.4, -0.2) is 30.6 Å². The van der Waals surface area contributed by atoms with E-state index < -0.39 is 11.2 Å². The number of rotatable bonds is 2. The minimum absolute atomic E-state index is 0.312. The molecular formula is C19H11N8O2+. The van der Waals surface area contributed by atoms with Gasteiger partial charge in [0.2, 0.25) is 5.82 Å². The van der Waals surface area contributed by atoms with Gasteiger partial charge in [0.15, 0.2) is 0 Å². The Morgan fingerprint density at radius 2 is 1.93 bits per heavy atom. The highest BCUT2D eigenvalue weighted by molar-refractivity contribution is 5.87. The lowest BCUT2D eigenvalue weighted by Gasteiger charge is -2.09. The number of fused-ring (bicyclic) bond motifs is 2. The summed E-state index contributed by atoms with van der Waals surface area (Å²) in [5.74, 6) is 0.404. The van der Waals surface area contributed by atoms with Crippen LogP contribution >= 0.6 is 0 Å². The van der Waals surface area contributed by atoms with E-state index in [1.807, 2.05) is 18.2 Å². The molecule has 10 heteroatoms. The highest BCUT2D eigenvalue weighted by Crippen LogP contribution is 2.20. The third kappa shape index (κ3) is 2.65. The van der Waals surface area contributed by atoms with Crippen LogP contribution in [0.4, 0.5) is 0 Å². The van der Waals surface area contributed by atoms with Gasteiger partial charge in [0.1, 0.15) is 16.6 Å². The summed E-state index contributed by atoms with van der Waals surface area (Å²) in [5, 5.41) is 24.3. The van der Waals surface area contributed by atoms with Crippen LogP contribution in [0.1, 0.15) is 5.56 Å². The maximum Gasteiger partial charge on any atom is 0.413 e. The molecule has 0 unspecified atom stereocenters. The minimum atomic E-state index is -0.624. The Balaban J connectivity index is 1.95. The number of nitrogens with zero attached hydrogens (tertiary/aromatic N) is 5. The van der Waals surface area contributed by atoms with Crippen molar-refractivity contribution in [2.24, 2.45) is 0 Å². The van der Waals surface area contributed by atoms with E-state index in [0.29, 0.717) is 39.2 Å². The molecule has 0 atom stereocenters. The van der Waals surface area contributed by atoms with Crippen LogP contribution in [0, 0.1) is 11.3 Å². The van der Waals surface area contributed by atoms with Gasteiger partial charge < -0.3 is 0 Å². The van der Waals surface area contributed by atoms with Gasteiger partial charge in [-0.25, -0.2) is 4.79 Å². The molecule has 0 aliphatic rings. The van der Waals surface area contributed by atoms with Gasteiger partial charge in [0.05, 0.1) is 11.6 Å². The van der Waals surface area contributed by atoms with Gasteiger partial charge in [-0.2, -0.15) is 20.0 Å². The summed E-state index contributed by atoms with van der Waals surface area (Å²) in [6.45, 7) is 0. The molecule has 3 heterocycles. The van der Waals surface area contributed by atoms with Crippen molar-refractivity contribution in [3.05, 3.63) is 74.9 Å². The molecule has 3 N–H and O–H groups in total. The van der Waals surface area contributed by atoms with Crippen LogP contribution in [0.5, 0.6) is 0 Å². The number of benzene rings is 2. The van der Waals surface area contributed by atoms with Gasteiger partial charge in [-0.3, -0.25) is 9.78 Å². The fraction of sp³-hybridized carbons (Fsp3) is 0. The standard InChI is InChI=1S/C19H10N8O2/c20-9-10-4-5-11-8-14-17(21-19(29)22-18(14)28)27(15(11)6-10)13-3-1-2-12(7-13)16-23-25-26-24-16/h1-8H,(H2,22,23,24,25,26,28,29)/p+1. The molecule has 3 aromatic heterocycles. The van der Waals surface area contributed by atoms with Crippen molar-refractivity contribution in [1.82, 2.24) is 30.6 Å². The predicted molar refractivity (Wildman–Crippen MR) is 102 cm³/mol. The maximum atomic E-state index is 12.4. The van der Waals surface area contributed by atoms with Gasteiger partial charge in [-0.1, -0.05) is 12.1 Å². The van der Waals surface area contributed by atoms with E-state index in [4.69, 9.17) is 0 Å². The van der Waals surface area contributed by atoms with E-state index in [-0.39, 0.29) is 0 Å². The summed E-state index contributed by atoms with van der Waals surface area (Å²) >= 11 is 0. The SMILES string of the molecule is N#Cc1ccc2cc3c(=O)[nH]c(=O)[nH]c3[n+](-c3cccc(-c4nn[nH]n4)c3)c2c1. The first-order valence-corrected chi connectivity index (χ1v) is 8.53. The molecule has 2 aromatic carbocycles. The molecule has 138 valence electrons. The molecule has 29 heavy (non-hydrogen) atoms. The van der Waals surface area contributed by atoms with Crippen molar-refractivity contribution in [1.29, 1.82) is 5.26 Å². The predicted octanol–water partition coefficient (Wildman–Crippen LogP) is 0.698. The number of tetrazole rings is 1. The van der Waals surface area contributed by atoms with Crippen molar-refractivity contribution in [3.63, 3.8) is 0 Å². The number of hydrogen-bond donors (Lipinski definition) is 3. The zero-order valence-electron chi connectivity index (χ0n) is 14.7. The Morgan fingerprint density at radius 1 is 1.03 bits per heavy atom. The molecule has 10 nitrogen and oxygen atoms in total. The quantitative estimate of drug-likeness (QED) is 0.302. The Morgan fingerprint density at radius 3 is 2.72 bits per heavy atom. The molecule has 0 fully saturated rings. The van der Waals surface area contributed by atoms with Crippen molar-refractivity contribution in [3.8, 4) is 23.1 Å². The number of hydrogen-bond acceptors (Lipinski definition) is 6. The first-order chi connectivity index (χ1) is 14.1. The largest absolute Gasteiger partial charge is 0.413 e. The Labute approximate surface area is 161 Å². The molecular weight excluding hydrogens is 372 g/mol. The number of H-pyrrole nitrogens is 3. The summed E-state index contributed by atoms with van der Waals surface area (Å²) in [6, 6.07) is 16.2. The lowest BCUT2D eigenvalue weighted by atomic mass is 10.1. The first-order valence-electron chi connectivity index (χ1n) is 8.53. The molecule has 5 rings (SSSR count). The Hall–Kier alpha value is -4.65. The normalized spacial score (nSPS) is 11.0. The molecule has 0 bridgehead atoms. The topological polar surface area (TPSA) is 148 Å². The Bertz CT molecular complexity index is 1560. The number of nitriles is 1. The van der Waals surface area contributed by atoms with Gasteiger partial charge in [0.25, 0.3) is 5.56 Å². The molecule has 5 aromatic rings. The number of pyridine rings is 1. The third-order valence-corrected chi connectivity index (χ3v) is 4.59. The summed E-state index contributed by atoms with van der Waals surface area (Å²) in [5.41, 5.74) is 1.64. The summed E-state index contributed by atoms with van der Waals surface area (Å²) in [6.07, 6.45) is 0. The highest BCUT2D eigenvalue weighted by Gasteiger charge is 2.20. The van der Waals surface area contributed by atoms with Crippen molar-refractivity contribution < 1.29 is 4.57 Å². The minimum Gasteiger partial charge on any atom is -0.268 e. The van der Waals surface area contributed by atoms with Crippen LogP contribution in [0.2, 0.25) is 0 Å².